The lowest BCUT2D eigenvalue weighted by Crippen LogP contribution is -2.40. The fourth-order valence-corrected chi connectivity index (χ4v) is 0.789. The Morgan fingerprint density at radius 3 is 2.92 bits per heavy atom. The quantitative estimate of drug-likeness (QED) is 0.610. The van der Waals surface area contributed by atoms with Crippen LogP contribution in [-0.4, -0.2) is 22.1 Å². The first-order valence-electron chi connectivity index (χ1n) is 4.05. The van der Waals surface area contributed by atoms with Gasteiger partial charge in [0.1, 0.15) is 0 Å². The van der Waals surface area contributed by atoms with Crippen LogP contribution in [0.1, 0.15) is 13.8 Å². The Hall–Kier alpha value is -1.36. The largest absolute Gasteiger partial charge is 0.364 e. The molecule has 0 aliphatic heterocycles. The molecule has 0 radical (unpaired) electrons. The molecule has 0 atom stereocenters. The van der Waals surface area contributed by atoms with Gasteiger partial charge in [0.05, 0.1) is 0 Å². The minimum atomic E-state index is -0.357. The van der Waals surface area contributed by atoms with Crippen molar-refractivity contribution in [1.82, 2.24) is 9.97 Å². The van der Waals surface area contributed by atoms with Gasteiger partial charge in [0.25, 0.3) is 5.56 Å². The van der Waals surface area contributed by atoms with Gasteiger partial charge in [0, 0.05) is 24.5 Å². The summed E-state index contributed by atoms with van der Waals surface area (Å²) in [6.07, 6.45) is 3.01. The number of hydrogen-bond acceptors (Lipinski definition) is 4. The zero-order valence-corrected chi connectivity index (χ0v) is 7.79. The van der Waals surface area contributed by atoms with Crippen molar-refractivity contribution < 1.29 is 0 Å². The maximum atomic E-state index is 11.1. The van der Waals surface area contributed by atoms with E-state index in [0.29, 0.717) is 12.4 Å². The Kier molecular flexibility index (Phi) is 2.67. The molecular weight excluding hydrogens is 168 g/mol. The summed E-state index contributed by atoms with van der Waals surface area (Å²) in [5.74, 6) is 0.307. The van der Waals surface area contributed by atoms with Gasteiger partial charge in [-0.15, -0.1) is 0 Å². The van der Waals surface area contributed by atoms with Crippen LogP contribution in [0.4, 0.5) is 5.82 Å². The predicted octanol–water partition coefficient (Wildman–Crippen LogP) is -0.0809. The molecule has 0 aromatic carbocycles. The van der Waals surface area contributed by atoms with Crippen molar-refractivity contribution in [2.75, 3.05) is 11.9 Å². The third kappa shape index (κ3) is 3.25. The highest BCUT2D eigenvalue weighted by atomic mass is 16.1. The first-order chi connectivity index (χ1) is 5.99. The Morgan fingerprint density at radius 2 is 2.38 bits per heavy atom. The van der Waals surface area contributed by atoms with Gasteiger partial charge in [0.2, 0.25) is 0 Å². The van der Waals surface area contributed by atoms with Crippen LogP contribution in [-0.2, 0) is 0 Å². The normalized spacial score (nSPS) is 11.3. The summed E-state index contributed by atoms with van der Waals surface area (Å²) in [5.41, 5.74) is 5.14. The van der Waals surface area contributed by atoms with Crippen molar-refractivity contribution in [2.45, 2.75) is 19.4 Å². The number of aromatic amines is 1. The highest BCUT2D eigenvalue weighted by Gasteiger charge is 2.10. The zero-order chi connectivity index (χ0) is 9.90. The second-order valence-corrected chi connectivity index (χ2v) is 3.61. The summed E-state index contributed by atoms with van der Waals surface area (Å²) in [4.78, 5) is 17.5. The number of nitrogens with two attached hydrogens (primary N) is 1. The smallest absolute Gasteiger partial charge is 0.290 e. The van der Waals surface area contributed by atoms with E-state index in [-0.39, 0.29) is 11.1 Å². The summed E-state index contributed by atoms with van der Waals surface area (Å²) < 4.78 is 0. The average Bonchev–Trinajstić information content (AvgIpc) is 2.01. The fourth-order valence-electron chi connectivity index (χ4n) is 0.789. The summed E-state index contributed by atoms with van der Waals surface area (Å²) in [5, 5.41) is 2.87. The molecule has 0 bridgehead atoms. The van der Waals surface area contributed by atoms with Crippen molar-refractivity contribution in [3.05, 3.63) is 22.7 Å². The van der Waals surface area contributed by atoms with Crippen LogP contribution in [0.15, 0.2) is 17.2 Å². The predicted molar refractivity (Wildman–Crippen MR) is 51.6 cm³/mol. The molecule has 0 unspecified atom stereocenters. The highest BCUT2D eigenvalue weighted by Crippen LogP contribution is 1.97. The Labute approximate surface area is 76.4 Å². The average molecular weight is 182 g/mol. The molecule has 0 saturated heterocycles. The standard InChI is InChI=1S/C8H14N4O/c1-8(2,9)5-12-6-7(13)11-4-3-10-6/h3-4H,5,9H2,1-2H3,(H,10,12)(H,11,13). The summed E-state index contributed by atoms with van der Waals surface area (Å²) >= 11 is 0. The number of nitrogens with zero attached hydrogens (tertiary/aromatic N) is 1. The van der Waals surface area contributed by atoms with E-state index >= 15 is 0 Å². The number of nitrogens with one attached hydrogen (secondary N) is 2. The zero-order valence-electron chi connectivity index (χ0n) is 7.79. The monoisotopic (exact) mass is 182 g/mol. The first kappa shape index (κ1) is 9.73. The van der Waals surface area contributed by atoms with E-state index in [1.807, 2.05) is 13.8 Å². The molecule has 1 rings (SSSR count). The number of rotatable bonds is 3. The molecule has 0 saturated carbocycles. The summed E-state index contributed by atoms with van der Waals surface area (Å²) in [6.45, 7) is 4.25. The Bertz CT molecular complexity index is 325. The van der Waals surface area contributed by atoms with Crippen molar-refractivity contribution in [3.8, 4) is 0 Å². The SMILES string of the molecule is CC(C)(N)CNc1ncc[nH]c1=O. The van der Waals surface area contributed by atoms with E-state index in [2.05, 4.69) is 15.3 Å². The molecule has 0 aliphatic carbocycles. The lowest BCUT2D eigenvalue weighted by molar-refractivity contribution is 0.548. The van der Waals surface area contributed by atoms with Gasteiger partial charge in [-0.3, -0.25) is 4.79 Å². The highest BCUT2D eigenvalue weighted by molar-refractivity contribution is 5.30. The van der Waals surface area contributed by atoms with Crippen LogP contribution < -0.4 is 16.6 Å². The van der Waals surface area contributed by atoms with Gasteiger partial charge < -0.3 is 16.0 Å². The molecule has 1 aromatic rings. The van der Waals surface area contributed by atoms with Crippen molar-refractivity contribution >= 4 is 5.82 Å². The van der Waals surface area contributed by atoms with Crippen molar-refractivity contribution in [3.63, 3.8) is 0 Å². The molecule has 1 aromatic heterocycles. The lowest BCUT2D eigenvalue weighted by atomic mass is 10.1. The molecule has 1 heterocycles. The van der Waals surface area contributed by atoms with Crippen molar-refractivity contribution in [1.29, 1.82) is 0 Å². The molecule has 13 heavy (non-hydrogen) atoms. The number of aromatic nitrogens is 2. The number of anilines is 1. The van der Waals surface area contributed by atoms with Gasteiger partial charge in [-0.2, -0.15) is 0 Å². The fraction of sp³-hybridized carbons (Fsp3) is 0.500. The number of hydrogen-bond donors (Lipinski definition) is 3. The molecule has 5 heteroatoms. The van der Waals surface area contributed by atoms with E-state index < -0.39 is 0 Å². The molecule has 0 fully saturated rings. The van der Waals surface area contributed by atoms with Gasteiger partial charge in [-0.05, 0) is 13.8 Å². The first-order valence-corrected chi connectivity index (χ1v) is 4.05. The van der Waals surface area contributed by atoms with E-state index in [4.69, 9.17) is 5.73 Å². The molecule has 0 spiro atoms. The van der Waals surface area contributed by atoms with E-state index in [9.17, 15) is 4.79 Å². The van der Waals surface area contributed by atoms with Crippen LogP contribution in [0.25, 0.3) is 0 Å². The maximum absolute atomic E-state index is 11.1. The second kappa shape index (κ2) is 3.57. The van der Waals surface area contributed by atoms with Gasteiger partial charge in [0.15, 0.2) is 5.82 Å². The minimum Gasteiger partial charge on any atom is -0.364 e. The molecule has 72 valence electrons. The van der Waals surface area contributed by atoms with Crippen LogP contribution in [0, 0.1) is 0 Å². The molecule has 5 nitrogen and oxygen atoms in total. The number of H-pyrrole nitrogens is 1. The third-order valence-corrected chi connectivity index (χ3v) is 1.42. The van der Waals surface area contributed by atoms with Crippen LogP contribution in [0.5, 0.6) is 0 Å². The molecule has 0 amide bonds. The topological polar surface area (TPSA) is 83.8 Å². The molecular formula is C8H14N4O. The lowest BCUT2D eigenvalue weighted by Gasteiger charge is -2.18. The molecule has 4 N–H and O–H groups in total. The maximum Gasteiger partial charge on any atom is 0.290 e. The minimum absolute atomic E-state index is 0.230. The van der Waals surface area contributed by atoms with E-state index in [0.717, 1.165) is 0 Å². The third-order valence-electron chi connectivity index (χ3n) is 1.42. The van der Waals surface area contributed by atoms with Gasteiger partial charge >= 0.3 is 0 Å². The molecule has 0 aliphatic rings. The van der Waals surface area contributed by atoms with E-state index in [1.165, 1.54) is 12.4 Å². The van der Waals surface area contributed by atoms with Crippen LogP contribution in [0.3, 0.4) is 0 Å². The van der Waals surface area contributed by atoms with Crippen LogP contribution in [0.2, 0.25) is 0 Å². The van der Waals surface area contributed by atoms with E-state index in [1.54, 1.807) is 0 Å². The van der Waals surface area contributed by atoms with Crippen molar-refractivity contribution in [2.24, 2.45) is 5.73 Å². The van der Waals surface area contributed by atoms with Gasteiger partial charge in [-0.1, -0.05) is 0 Å². The van der Waals surface area contributed by atoms with Gasteiger partial charge in [-0.25, -0.2) is 4.98 Å². The summed E-state index contributed by atoms with van der Waals surface area (Å²) in [7, 11) is 0. The van der Waals surface area contributed by atoms with Crippen LogP contribution >= 0.6 is 0 Å². The Morgan fingerprint density at radius 1 is 1.69 bits per heavy atom. The Balaban J connectivity index is 2.66. The summed E-state index contributed by atoms with van der Waals surface area (Å²) in [6, 6.07) is 0. The second-order valence-electron chi connectivity index (χ2n) is 3.61.